The maximum absolute atomic E-state index is 5.64. The van der Waals surface area contributed by atoms with Crippen LogP contribution in [0.3, 0.4) is 0 Å². The molecular weight excluding hydrogens is 188 g/mol. The Hall–Kier alpha value is -1.32. The SMILES string of the molecule is CCC(C)CN(CC)c1nccc(N)n1. The highest BCUT2D eigenvalue weighted by atomic mass is 15.2. The van der Waals surface area contributed by atoms with E-state index in [0.29, 0.717) is 11.7 Å². The van der Waals surface area contributed by atoms with E-state index in [1.54, 1.807) is 12.3 Å². The predicted octanol–water partition coefficient (Wildman–Crippen LogP) is 1.93. The van der Waals surface area contributed by atoms with Gasteiger partial charge in [0, 0.05) is 19.3 Å². The van der Waals surface area contributed by atoms with Crippen molar-refractivity contribution in [2.45, 2.75) is 27.2 Å². The lowest BCUT2D eigenvalue weighted by atomic mass is 10.1. The van der Waals surface area contributed by atoms with E-state index >= 15 is 0 Å². The standard InChI is InChI=1S/C11H20N4/c1-4-9(3)8-15(5-2)11-13-7-6-10(12)14-11/h6-7,9H,4-5,8H2,1-3H3,(H2,12,13,14). The molecule has 0 aliphatic heterocycles. The Bertz CT molecular complexity index is 300. The molecule has 1 aromatic heterocycles. The number of nitrogens with two attached hydrogens (primary N) is 1. The molecule has 1 atom stereocenters. The van der Waals surface area contributed by atoms with Gasteiger partial charge in [-0.1, -0.05) is 20.3 Å². The van der Waals surface area contributed by atoms with Crippen LogP contribution in [0.2, 0.25) is 0 Å². The first kappa shape index (κ1) is 11.8. The lowest BCUT2D eigenvalue weighted by molar-refractivity contribution is 0.542. The quantitative estimate of drug-likeness (QED) is 0.803. The summed E-state index contributed by atoms with van der Waals surface area (Å²) in [6, 6.07) is 1.71. The molecule has 2 N–H and O–H groups in total. The van der Waals surface area contributed by atoms with Crippen molar-refractivity contribution in [3.8, 4) is 0 Å². The van der Waals surface area contributed by atoms with Gasteiger partial charge in [-0.25, -0.2) is 4.98 Å². The van der Waals surface area contributed by atoms with E-state index in [2.05, 4.69) is 35.6 Å². The normalized spacial score (nSPS) is 12.5. The van der Waals surface area contributed by atoms with Gasteiger partial charge in [0.1, 0.15) is 5.82 Å². The fraction of sp³-hybridized carbons (Fsp3) is 0.636. The van der Waals surface area contributed by atoms with Crippen molar-refractivity contribution in [2.24, 2.45) is 5.92 Å². The number of nitrogens with zero attached hydrogens (tertiary/aromatic N) is 3. The summed E-state index contributed by atoms with van der Waals surface area (Å²) in [6.45, 7) is 8.42. The molecule has 0 saturated heterocycles. The van der Waals surface area contributed by atoms with Crippen LogP contribution < -0.4 is 10.6 Å². The molecule has 1 rings (SSSR count). The van der Waals surface area contributed by atoms with Crippen molar-refractivity contribution in [1.82, 2.24) is 9.97 Å². The minimum absolute atomic E-state index is 0.530. The third-order valence-electron chi connectivity index (χ3n) is 2.56. The highest BCUT2D eigenvalue weighted by Crippen LogP contribution is 2.12. The monoisotopic (exact) mass is 208 g/mol. The Morgan fingerprint density at radius 3 is 2.73 bits per heavy atom. The van der Waals surface area contributed by atoms with E-state index in [0.717, 1.165) is 19.0 Å². The van der Waals surface area contributed by atoms with Gasteiger partial charge in [-0.15, -0.1) is 0 Å². The summed E-state index contributed by atoms with van der Waals surface area (Å²) in [5.74, 6) is 1.91. The molecule has 4 heteroatoms. The third-order valence-corrected chi connectivity index (χ3v) is 2.56. The molecule has 0 saturated carbocycles. The molecule has 0 aromatic carbocycles. The van der Waals surface area contributed by atoms with Gasteiger partial charge >= 0.3 is 0 Å². The minimum atomic E-state index is 0.530. The molecule has 1 heterocycles. The van der Waals surface area contributed by atoms with Crippen LogP contribution in [0.25, 0.3) is 0 Å². The van der Waals surface area contributed by atoms with Crippen LogP contribution in [0.5, 0.6) is 0 Å². The van der Waals surface area contributed by atoms with Gasteiger partial charge in [0.2, 0.25) is 5.95 Å². The third kappa shape index (κ3) is 3.38. The fourth-order valence-corrected chi connectivity index (χ4v) is 1.37. The topological polar surface area (TPSA) is 55.0 Å². The molecule has 84 valence electrons. The Morgan fingerprint density at radius 2 is 2.20 bits per heavy atom. The van der Waals surface area contributed by atoms with Crippen molar-refractivity contribution in [3.05, 3.63) is 12.3 Å². The molecule has 4 nitrogen and oxygen atoms in total. The molecule has 0 radical (unpaired) electrons. The first-order valence-corrected chi connectivity index (χ1v) is 5.50. The molecule has 0 aliphatic carbocycles. The molecule has 0 aliphatic rings. The largest absolute Gasteiger partial charge is 0.384 e. The van der Waals surface area contributed by atoms with Crippen molar-refractivity contribution >= 4 is 11.8 Å². The molecule has 15 heavy (non-hydrogen) atoms. The zero-order valence-corrected chi connectivity index (χ0v) is 9.77. The van der Waals surface area contributed by atoms with Gasteiger partial charge in [0.15, 0.2) is 0 Å². The van der Waals surface area contributed by atoms with Crippen molar-refractivity contribution in [1.29, 1.82) is 0 Å². The average Bonchev–Trinajstić information content (AvgIpc) is 2.25. The van der Waals surface area contributed by atoms with E-state index in [-0.39, 0.29) is 0 Å². The number of aromatic nitrogens is 2. The van der Waals surface area contributed by atoms with E-state index in [1.165, 1.54) is 6.42 Å². The second-order valence-corrected chi connectivity index (χ2v) is 3.83. The molecule has 1 aromatic rings. The Balaban J connectivity index is 2.73. The zero-order valence-electron chi connectivity index (χ0n) is 9.77. The summed E-state index contributed by atoms with van der Waals surface area (Å²) in [6.07, 6.45) is 2.87. The van der Waals surface area contributed by atoms with Crippen LogP contribution in [-0.4, -0.2) is 23.1 Å². The predicted molar refractivity (Wildman–Crippen MR) is 63.8 cm³/mol. The summed E-state index contributed by atoms with van der Waals surface area (Å²) in [7, 11) is 0. The maximum Gasteiger partial charge on any atom is 0.227 e. The Morgan fingerprint density at radius 1 is 1.47 bits per heavy atom. The van der Waals surface area contributed by atoms with E-state index in [4.69, 9.17) is 5.73 Å². The summed E-state index contributed by atoms with van der Waals surface area (Å²) in [5, 5.41) is 0. The zero-order chi connectivity index (χ0) is 11.3. The van der Waals surface area contributed by atoms with Crippen molar-refractivity contribution in [3.63, 3.8) is 0 Å². The highest BCUT2D eigenvalue weighted by molar-refractivity contribution is 5.37. The van der Waals surface area contributed by atoms with Crippen LogP contribution in [0.4, 0.5) is 11.8 Å². The average molecular weight is 208 g/mol. The fourth-order valence-electron chi connectivity index (χ4n) is 1.37. The second-order valence-electron chi connectivity index (χ2n) is 3.83. The highest BCUT2D eigenvalue weighted by Gasteiger charge is 2.10. The Labute approximate surface area is 91.5 Å². The van der Waals surface area contributed by atoms with E-state index in [1.807, 2.05) is 0 Å². The van der Waals surface area contributed by atoms with Gasteiger partial charge in [-0.05, 0) is 18.9 Å². The van der Waals surface area contributed by atoms with Gasteiger partial charge in [-0.2, -0.15) is 4.98 Å². The summed E-state index contributed by atoms with van der Waals surface area (Å²) >= 11 is 0. The van der Waals surface area contributed by atoms with Crippen molar-refractivity contribution < 1.29 is 0 Å². The first-order chi connectivity index (χ1) is 7.17. The van der Waals surface area contributed by atoms with Crippen LogP contribution in [-0.2, 0) is 0 Å². The molecular formula is C11H20N4. The lowest BCUT2D eigenvalue weighted by Crippen LogP contribution is -2.29. The Kier molecular flexibility index (Phi) is 4.34. The summed E-state index contributed by atoms with van der Waals surface area (Å²) in [4.78, 5) is 10.6. The molecule has 0 amide bonds. The van der Waals surface area contributed by atoms with E-state index < -0.39 is 0 Å². The van der Waals surface area contributed by atoms with Crippen molar-refractivity contribution in [2.75, 3.05) is 23.7 Å². The number of rotatable bonds is 5. The van der Waals surface area contributed by atoms with Gasteiger partial charge in [0.25, 0.3) is 0 Å². The molecule has 0 fully saturated rings. The number of hydrogen-bond donors (Lipinski definition) is 1. The van der Waals surface area contributed by atoms with Crippen LogP contribution in [0.15, 0.2) is 12.3 Å². The molecule has 0 bridgehead atoms. The molecule has 1 unspecified atom stereocenters. The maximum atomic E-state index is 5.64. The minimum Gasteiger partial charge on any atom is -0.384 e. The van der Waals surface area contributed by atoms with Crippen LogP contribution in [0.1, 0.15) is 27.2 Å². The smallest absolute Gasteiger partial charge is 0.227 e. The van der Waals surface area contributed by atoms with E-state index in [9.17, 15) is 0 Å². The summed E-state index contributed by atoms with van der Waals surface area (Å²) < 4.78 is 0. The second kappa shape index (κ2) is 5.53. The first-order valence-electron chi connectivity index (χ1n) is 5.50. The van der Waals surface area contributed by atoms with Crippen LogP contribution >= 0.6 is 0 Å². The summed E-state index contributed by atoms with van der Waals surface area (Å²) in [5.41, 5.74) is 5.64. The van der Waals surface area contributed by atoms with Gasteiger partial charge in [0.05, 0.1) is 0 Å². The van der Waals surface area contributed by atoms with Gasteiger partial charge < -0.3 is 10.6 Å². The number of hydrogen-bond acceptors (Lipinski definition) is 4. The molecule has 0 spiro atoms. The number of nitrogen functional groups attached to an aromatic ring is 1. The number of anilines is 2. The van der Waals surface area contributed by atoms with Crippen LogP contribution in [0, 0.1) is 5.92 Å². The lowest BCUT2D eigenvalue weighted by Gasteiger charge is -2.23. The van der Waals surface area contributed by atoms with Gasteiger partial charge in [-0.3, -0.25) is 0 Å².